The largest absolute Gasteiger partial charge is 0.387 e. The van der Waals surface area contributed by atoms with Crippen LogP contribution < -0.4 is 11.1 Å². The molecule has 1 aromatic rings. The lowest BCUT2D eigenvalue weighted by Crippen LogP contribution is -2.50. The Labute approximate surface area is 178 Å². The molecular weight excluding hydrogens is 402 g/mol. The van der Waals surface area contributed by atoms with E-state index >= 15 is 0 Å². The molecule has 6 rings (SSSR count). The van der Waals surface area contributed by atoms with E-state index in [1.807, 2.05) is 0 Å². The zero-order chi connectivity index (χ0) is 21.1. The summed E-state index contributed by atoms with van der Waals surface area (Å²) in [5.41, 5.74) is 7.17. The molecule has 4 bridgehead atoms. The fourth-order valence-corrected chi connectivity index (χ4v) is 9.03. The Bertz CT molecular complexity index is 934. The summed E-state index contributed by atoms with van der Waals surface area (Å²) in [7, 11) is -2.06. The van der Waals surface area contributed by atoms with Crippen molar-refractivity contribution in [2.24, 2.45) is 23.5 Å². The Hall–Kier alpha value is -1.64. The second-order valence-electron chi connectivity index (χ2n) is 9.69. The summed E-state index contributed by atoms with van der Waals surface area (Å²) in [5.74, 6) is 1.32. The van der Waals surface area contributed by atoms with Crippen LogP contribution in [0.3, 0.4) is 0 Å². The number of nitrogens with two attached hydrogens (primary N) is 1. The standard InChI is InChI=1S/C22H31N3O4S/c1-24-18-3-2-17(21(23)26)19(20(18)30(27,28)25-4-6-29-7-5-25)22-11-14-8-15(12-22)10-16(9-14)13-22/h2-3,14-16,24H,4-13H2,1H3,(H2,23,26). The predicted molar refractivity (Wildman–Crippen MR) is 114 cm³/mol. The highest BCUT2D eigenvalue weighted by atomic mass is 32.2. The molecule has 0 spiro atoms. The zero-order valence-corrected chi connectivity index (χ0v) is 18.3. The first-order valence-electron chi connectivity index (χ1n) is 11.1. The van der Waals surface area contributed by atoms with Crippen LogP contribution in [0.4, 0.5) is 5.69 Å². The van der Waals surface area contributed by atoms with Gasteiger partial charge in [0.2, 0.25) is 15.9 Å². The van der Waals surface area contributed by atoms with E-state index in [9.17, 15) is 13.2 Å². The van der Waals surface area contributed by atoms with E-state index in [0.717, 1.165) is 19.3 Å². The smallest absolute Gasteiger partial charge is 0.249 e. The van der Waals surface area contributed by atoms with Gasteiger partial charge in [-0.25, -0.2) is 8.42 Å². The van der Waals surface area contributed by atoms with Crippen LogP contribution in [0.25, 0.3) is 0 Å². The molecule has 1 aromatic carbocycles. The van der Waals surface area contributed by atoms with Crippen molar-refractivity contribution in [3.05, 3.63) is 23.3 Å². The molecule has 0 radical (unpaired) electrons. The zero-order valence-electron chi connectivity index (χ0n) is 17.5. The van der Waals surface area contributed by atoms with Crippen molar-refractivity contribution >= 4 is 21.6 Å². The number of sulfonamides is 1. The third-order valence-corrected chi connectivity index (χ3v) is 9.81. The van der Waals surface area contributed by atoms with Crippen LogP contribution in [0.15, 0.2) is 17.0 Å². The number of nitrogens with one attached hydrogen (secondary N) is 1. The van der Waals surface area contributed by atoms with Crippen LogP contribution in [0.2, 0.25) is 0 Å². The fraction of sp³-hybridized carbons (Fsp3) is 0.682. The maximum atomic E-state index is 13.9. The Kier molecular flexibility index (Phi) is 4.87. The maximum Gasteiger partial charge on any atom is 0.249 e. The molecule has 1 heterocycles. The van der Waals surface area contributed by atoms with Crippen molar-refractivity contribution in [3.63, 3.8) is 0 Å². The second-order valence-corrected chi connectivity index (χ2v) is 11.6. The number of amides is 1. The van der Waals surface area contributed by atoms with Crippen LogP contribution in [0, 0.1) is 17.8 Å². The lowest BCUT2D eigenvalue weighted by Gasteiger charge is -2.57. The Morgan fingerprint density at radius 3 is 2.17 bits per heavy atom. The van der Waals surface area contributed by atoms with Gasteiger partial charge in [0.05, 0.1) is 18.9 Å². The van der Waals surface area contributed by atoms with Gasteiger partial charge >= 0.3 is 0 Å². The fourth-order valence-electron chi connectivity index (χ4n) is 7.11. The molecule has 1 saturated heterocycles. The van der Waals surface area contributed by atoms with E-state index in [1.165, 1.54) is 23.6 Å². The number of primary amides is 1. The Morgan fingerprint density at radius 1 is 1.10 bits per heavy atom. The predicted octanol–water partition coefficient (Wildman–Crippen LogP) is 2.32. The number of morpholine rings is 1. The van der Waals surface area contributed by atoms with Crippen molar-refractivity contribution in [1.82, 2.24) is 4.31 Å². The Morgan fingerprint density at radius 2 is 1.67 bits per heavy atom. The summed E-state index contributed by atoms with van der Waals surface area (Å²) < 4.78 is 34.8. The minimum absolute atomic E-state index is 0.269. The summed E-state index contributed by atoms with van der Waals surface area (Å²) in [6.45, 7) is 1.42. The van der Waals surface area contributed by atoms with E-state index in [0.29, 0.717) is 60.9 Å². The van der Waals surface area contributed by atoms with E-state index in [1.54, 1.807) is 19.2 Å². The van der Waals surface area contributed by atoms with Crippen LogP contribution in [-0.2, 0) is 20.2 Å². The summed E-state index contributed by atoms with van der Waals surface area (Å²) in [6.07, 6.45) is 6.58. The lowest BCUT2D eigenvalue weighted by atomic mass is 9.47. The Balaban J connectivity index is 1.74. The number of nitrogens with zero attached hydrogens (tertiary/aromatic N) is 1. The summed E-state index contributed by atoms with van der Waals surface area (Å²) in [5, 5.41) is 3.09. The van der Waals surface area contributed by atoms with Gasteiger partial charge in [-0.15, -0.1) is 0 Å². The molecule has 164 valence electrons. The third-order valence-electron chi connectivity index (χ3n) is 7.83. The number of anilines is 1. The van der Waals surface area contributed by atoms with E-state index in [4.69, 9.17) is 10.5 Å². The maximum absolute atomic E-state index is 13.9. The average Bonchev–Trinajstić information content (AvgIpc) is 2.72. The van der Waals surface area contributed by atoms with Gasteiger partial charge in [-0.2, -0.15) is 4.31 Å². The minimum Gasteiger partial charge on any atom is -0.387 e. The molecule has 4 aliphatic carbocycles. The molecule has 3 N–H and O–H groups in total. The molecule has 5 fully saturated rings. The van der Waals surface area contributed by atoms with Gasteiger partial charge in [-0.05, 0) is 79.4 Å². The molecule has 1 aliphatic heterocycles. The molecule has 5 aliphatic rings. The van der Waals surface area contributed by atoms with Crippen LogP contribution in [0.1, 0.15) is 54.4 Å². The minimum atomic E-state index is -3.80. The summed E-state index contributed by atoms with van der Waals surface area (Å²) >= 11 is 0. The average molecular weight is 434 g/mol. The molecule has 0 aromatic heterocycles. The normalized spacial score (nSPS) is 33.6. The lowest BCUT2D eigenvalue weighted by molar-refractivity contribution is -0.00686. The molecule has 0 atom stereocenters. The number of hydrogen-bond acceptors (Lipinski definition) is 5. The van der Waals surface area contributed by atoms with E-state index in [-0.39, 0.29) is 10.3 Å². The molecule has 7 nitrogen and oxygen atoms in total. The van der Waals surface area contributed by atoms with E-state index < -0.39 is 15.9 Å². The first-order valence-corrected chi connectivity index (χ1v) is 12.5. The topological polar surface area (TPSA) is 102 Å². The first kappa shape index (κ1) is 20.3. The first-order chi connectivity index (χ1) is 14.3. The van der Waals surface area contributed by atoms with Gasteiger partial charge in [0.25, 0.3) is 0 Å². The SMILES string of the molecule is CNc1ccc(C(N)=O)c(C23CC4CC(CC(C4)C2)C3)c1S(=O)(=O)N1CCOCC1. The van der Waals surface area contributed by atoms with Gasteiger partial charge in [0.1, 0.15) is 4.90 Å². The highest BCUT2D eigenvalue weighted by molar-refractivity contribution is 7.89. The molecule has 0 unspecified atom stereocenters. The molecule has 1 amide bonds. The van der Waals surface area contributed by atoms with Gasteiger partial charge in [-0.1, -0.05) is 0 Å². The van der Waals surface area contributed by atoms with Gasteiger partial charge in [0, 0.05) is 25.7 Å². The van der Waals surface area contributed by atoms with Gasteiger partial charge in [0.15, 0.2) is 0 Å². The van der Waals surface area contributed by atoms with Crippen LogP contribution >= 0.6 is 0 Å². The van der Waals surface area contributed by atoms with Gasteiger partial charge in [-0.3, -0.25) is 4.79 Å². The molecule has 8 heteroatoms. The van der Waals surface area contributed by atoms with Crippen molar-refractivity contribution < 1.29 is 17.9 Å². The van der Waals surface area contributed by atoms with Crippen molar-refractivity contribution in [1.29, 1.82) is 0 Å². The van der Waals surface area contributed by atoms with Crippen LogP contribution in [-0.4, -0.2) is 52.0 Å². The molecular formula is C22H31N3O4S. The highest BCUT2D eigenvalue weighted by Gasteiger charge is 2.54. The van der Waals surface area contributed by atoms with Crippen molar-refractivity contribution in [3.8, 4) is 0 Å². The monoisotopic (exact) mass is 433 g/mol. The number of ether oxygens (including phenoxy) is 1. The van der Waals surface area contributed by atoms with Crippen molar-refractivity contribution in [2.75, 3.05) is 38.7 Å². The number of benzene rings is 1. The third kappa shape index (κ3) is 3.07. The molecule has 30 heavy (non-hydrogen) atoms. The van der Waals surface area contributed by atoms with E-state index in [2.05, 4.69) is 5.32 Å². The second kappa shape index (κ2) is 7.21. The number of carbonyl (C=O) groups is 1. The quantitative estimate of drug-likeness (QED) is 0.742. The number of hydrogen-bond donors (Lipinski definition) is 2. The summed E-state index contributed by atoms with van der Waals surface area (Å²) in [4.78, 5) is 12.8. The molecule has 4 saturated carbocycles. The number of rotatable bonds is 5. The summed E-state index contributed by atoms with van der Waals surface area (Å²) in [6, 6.07) is 3.41. The van der Waals surface area contributed by atoms with Crippen LogP contribution in [0.5, 0.6) is 0 Å². The number of carbonyl (C=O) groups excluding carboxylic acids is 1. The van der Waals surface area contributed by atoms with Crippen molar-refractivity contribution in [2.45, 2.75) is 48.8 Å². The highest BCUT2D eigenvalue weighted by Crippen LogP contribution is 2.62. The van der Waals surface area contributed by atoms with Gasteiger partial charge < -0.3 is 15.8 Å².